The molecule has 3 aromatic rings. The summed E-state index contributed by atoms with van der Waals surface area (Å²) in [6.45, 7) is 3.31. The Labute approximate surface area is 155 Å². The van der Waals surface area contributed by atoms with E-state index in [1.807, 2.05) is 13.8 Å². The van der Waals surface area contributed by atoms with Gasteiger partial charge >= 0.3 is 0 Å². The highest BCUT2D eigenvalue weighted by molar-refractivity contribution is 5.78. The number of benzene rings is 1. The minimum absolute atomic E-state index is 0.0883. The van der Waals surface area contributed by atoms with Crippen molar-refractivity contribution in [1.82, 2.24) is 24.9 Å². The van der Waals surface area contributed by atoms with Crippen LogP contribution in [0.4, 0.5) is 0 Å². The topological polar surface area (TPSA) is 81.8 Å². The van der Waals surface area contributed by atoms with Gasteiger partial charge in [0.15, 0.2) is 0 Å². The monoisotopic (exact) mass is 356 g/mol. The van der Waals surface area contributed by atoms with E-state index in [4.69, 9.17) is 4.11 Å². The smallest absolute Gasteiger partial charge is 0.278 e. The van der Waals surface area contributed by atoms with Gasteiger partial charge in [0.2, 0.25) is 5.91 Å². The molecule has 0 saturated heterocycles. The molecule has 26 heavy (non-hydrogen) atoms. The van der Waals surface area contributed by atoms with Crippen molar-refractivity contribution in [2.45, 2.75) is 46.3 Å². The van der Waals surface area contributed by atoms with Crippen molar-refractivity contribution in [3.8, 4) is 0 Å². The number of aromatic nitrogens is 4. The van der Waals surface area contributed by atoms with Crippen molar-refractivity contribution in [2.75, 3.05) is 0 Å². The lowest BCUT2D eigenvalue weighted by molar-refractivity contribution is -0.122. The highest BCUT2D eigenvalue weighted by atomic mass is 16.2. The van der Waals surface area contributed by atoms with Gasteiger partial charge in [-0.15, -0.1) is 0 Å². The van der Waals surface area contributed by atoms with E-state index in [1.165, 1.54) is 24.5 Å². The lowest BCUT2D eigenvalue weighted by atomic mass is 10.1. The molecular formula is C19H23N5O2. The second-order valence-corrected chi connectivity index (χ2v) is 6.50. The number of aryl methyl sites for hydroxylation is 1. The molecule has 1 atom stereocenters. The molecular weight excluding hydrogens is 330 g/mol. The summed E-state index contributed by atoms with van der Waals surface area (Å²) in [5, 5.41) is 11.5. The second-order valence-electron chi connectivity index (χ2n) is 6.50. The Balaban J connectivity index is 1.72. The molecule has 2 heterocycles. The number of nitrogens with zero attached hydrogens (tertiary/aromatic N) is 4. The van der Waals surface area contributed by atoms with Crippen molar-refractivity contribution < 1.29 is 8.91 Å². The normalized spacial score (nSPS) is 14.7. The molecule has 0 spiro atoms. The molecule has 1 N–H and O–H groups in total. The van der Waals surface area contributed by atoms with Gasteiger partial charge in [-0.1, -0.05) is 29.8 Å². The third kappa shape index (κ3) is 3.51. The van der Waals surface area contributed by atoms with Crippen molar-refractivity contribution >= 4 is 16.8 Å². The van der Waals surface area contributed by atoms with Gasteiger partial charge in [0.1, 0.15) is 6.54 Å². The predicted octanol–water partition coefficient (Wildman–Crippen LogP) is 2.36. The third-order valence-electron chi connectivity index (χ3n) is 4.19. The van der Waals surface area contributed by atoms with E-state index in [0.29, 0.717) is 10.9 Å². The SMILES string of the molecule is [2H]C([2H])([2H])c1ccc([C@H](C)NC(=O)Cn2ncc3c(cnn3C(C)C)c2=O)cc1. The van der Waals surface area contributed by atoms with Crippen LogP contribution in [0, 0.1) is 6.85 Å². The first kappa shape index (κ1) is 14.2. The summed E-state index contributed by atoms with van der Waals surface area (Å²) < 4.78 is 25.0. The van der Waals surface area contributed by atoms with Gasteiger partial charge in [0, 0.05) is 10.2 Å². The van der Waals surface area contributed by atoms with Crippen LogP contribution in [-0.2, 0) is 11.3 Å². The maximum absolute atomic E-state index is 12.6. The van der Waals surface area contributed by atoms with Gasteiger partial charge < -0.3 is 5.32 Å². The van der Waals surface area contributed by atoms with E-state index in [9.17, 15) is 9.59 Å². The van der Waals surface area contributed by atoms with Crippen molar-refractivity contribution in [1.29, 1.82) is 0 Å². The summed E-state index contributed by atoms with van der Waals surface area (Å²) in [6.07, 6.45) is 3.02. The predicted molar refractivity (Wildman–Crippen MR) is 99.9 cm³/mol. The molecule has 3 rings (SSSR count). The summed E-state index contributed by atoms with van der Waals surface area (Å²) in [7, 11) is 0. The van der Waals surface area contributed by atoms with E-state index >= 15 is 0 Å². The minimum atomic E-state index is -2.17. The molecule has 0 fully saturated rings. The fourth-order valence-electron chi connectivity index (χ4n) is 2.78. The molecule has 0 aliphatic heterocycles. The average molecular weight is 356 g/mol. The highest BCUT2D eigenvalue weighted by Gasteiger charge is 2.15. The molecule has 0 aliphatic rings. The first-order chi connectivity index (χ1) is 13.6. The van der Waals surface area contributed by atoms with Crippen LogP contribution in [0.15, 0.2) is 41.5 Å². The number of carbonyl (C=O) groups is 1. The zero-order valence-electron chi connectivity index (χ0n) is 17.9. The quantitative estimate of drug-likeness (QED) is 0.761. The summed E-state index contributed by atoms with van der Waals surface area (Å²) in [5.74, 6) is -0.373. The number of hydrogen-bond acceptors (Lipinski definition) is 4. The maximum atomic E-state index is 12.6. The Hall–Kier alpha value is -2.96. The minimum Gasteiger partial charge on any atom is -0.348 e. The summed E-state index contributed by atoms with van der Waals surface area (Å²) in [5.41, 5.74) is 1.26. The first-order valence-corrected chi connectivity index (χ1v) is 8.41. The molecule has 0 saturated carbocycles. The molecule has 0 bridgehead atoms. The van der Waals surface area contributed by atoms with E-state index in [1.54, 1.807) is 23.7 Å². The van der Waals surface area contributed by atoms with Crippen LogP contribution in [0.3, 0.4) is 0 Å². The van der Waals surface area contributed by atoms with Gasteiger partial charge in [-0.3, -0.25) is 14.3 Å². The Kier molecular flexibility index (Phi) is 3.89. The van der Waals surface area contributed by atoms with Crippen LogP contribution >= 0.6 is 0 Å². The van der Waals surface area contributed by atoms with Crippen LogP contribution in [0.1, 0.15) is 48.1 Å². The molecule has 0 aliphatic carbocycles. The van der Waals surface area contributed by atoms with Gasteiger partial charge in [0.25, 0.3) is 5.56 Å². The molecule has 0 radical (unpaired) electrons. The van der Waals surface area contributed by atoms with E-state index in [-0.39, 0.29) is 35.7 Å². The fourth-order valence-corrected chi connectivity index (χ4v) is 2.78. The molecule has 1 aromatic carbocycles. The molecule has 2 aromatic heterocycles. The van der Waals surface area contributed by atoms with E-state index < -0.39 is 6.85 Å². The van der Waals surface area contributed by atoms with Crippen molar-refractivity contribution in [3.05, 3.63) is 58.1 Å². The summed E-state index contributed by atoms with van der Waals surface area (Å²) in [4.78, 5) is 25.0. The van der Waals surface area contributed by atoms with Gasteiger partial charge in [-0.25, -0.2) is 4.68 Å². The molecule has 7 nitrogen and oxygen atoms in total. The van der Waals surface area contributed by atoms with E-state index in [0.717, 1.165) is 10.2 Å². The van der Waals surface area contributed by atoms with Crippen LogP contribution in [0.5, 0.6) is 0 Å². The number of carbonyl (C=O) groups excluding carboxylic acids is 1. The van der Waals surface area contributed by atoms with Crippen LogP contribution in [0.2, 0.25) is 0 Å². The maximum Gasteiger partial charge on any atom is 0.278 e. The first-order valence-electron chi connectivity index (χ1n) is 9.91. The molecule has 136 valence electrons. The number of nitrogens with one attached hydrogen (secondary N) is 1. The van der Waals surface area contributed by atoms with Crippen molar-refractivity contribution in [2.24, 2.45) is 0 Å². The van der Waals surface area contributed by atoms with Gasteiger partial charge in [-0.2, -0.15) is 10.2 Å². The van der Waals surface area contributed by atoms with Gasteiger partial charge in [-0.05, 0) is 33.2 Å². The number of amides is 1. The summed E-state index contributed by atoms with van der Waals surface area (Å²) >= 11 is 0. The third-order valence-corrected chi connectivity index (χ3v) is 4.19. The lowest BCUT2D eigenvalue weighted by Gasteiger charge is -2.15. The molecule has 7 heteroatoms. The Morgan fingerprint density at radius 3 is 2.58 bits per heavy atom. The lowest BCUT2D eigenvalue weighted by Crippen LogP contribution is -2.34. The number of hydrogen-bond donors (Lipinski definition) is 1. The average Bonchev–Trinajstić information content (AvgIpc) is 3.08. The largest absolute Gasteiger partial charge is 0.348 e. The van der Waals surface area contributed by atoms with E-state index in [2.05, 4.69) is 15.5 Å². The zero-order chi connectivity index (χ0) is 21.3. The second kappa shape index (κ2) is 7.11. The van der Waals surface area contributed by atoms with Crippen LogP contribution in [0.25, 0.3) is 10.9 Å². The zero-order valence-corrected chi connectivity index (χ0v) is 14.9. The summed E-state index contributed by atoms with van der Waals surface area (Å²) in [6, 6.07) is 6.13. The number of rotatable bonds is 5. The van der Waals surface area contributed by atoms with Crippen molar-refractivity contribution in [3.63, 3.8) is 0 Å². The fraction of sp³-hybridized carbons (Fsp3) is 0.368. The molecule has 1 amide bonds. The Morgan fingerprint density at radius 2 is 1.92 bits per heavy atom. The number of fused-ring (bicyclic) bond motifs is 1. The standard InChI is InChI=1S/C19H23N5O2/c1-12(2)24-17-10-20-23(19(26)16(17)9-21-24)11-18(25)22-14(4)15-7-5-13(3)6-8-15/h5-10,12,14H,11H2,1-4H3,(H,22,25)/t14-/m0/s1/i3D3. The van der Waals surface area contributed by atoms with Gasteiger partial charge in [0.05, 0.1) is 29.3 Å². The highest BCUT2D eigenvalue weighted by Crippen LogP contribution is 2.14. The Morgan fingerprint density at radius 1 is 1.19 bits per heavy atom. The van der Waals surface area contributed by atoms with Crippen LogP contribution < -0.4 is 10.9 Å². The Bertz CT molecular complexity index is 1080. The molecule has 0 unspecified atom stereocenters. The van der Waals surface area contributed by atoms with Crippen LogP contribution in [-0.4, -0.2) is 25.5 Å².